The van der Waals surface area contributed by atoms with Crippen LogP contribution in [0, 0.1) is 11.3 Å². The van der Waals surface area contributed by atoms with Gasteiger partial charge in [0.1, 0.15) is 12.3 Å². The van der Waals surface area contributed by atoms with Gasteiger partial charge in [-0.2, -0.15) is 5.26 Å². The highest BCUT2D eigenvalue weighted by atomic mass is 79.9. The fourth-order valence-electron chi connectivity index (χ4n) is 4.22. The largest absolute Gasteiger partial charge is 0.493 e. The summed E-state index contributed by atoms with van der Waals surface area (Å²) in [6.07, 6.45) is 6.56. The summed E-state index contributed by atoms with van der Waals surface area (Å²) < 4.78 is 12.1. The Morgan fingerprint density at radius 2 is 1.94 bits per heavy atom. The number of benzene rings is 2. The van der Waals surface area contributed by atoms with Crippen molar-refractivity contribution in [3.05, 3.63) is 63.3 Å². The van der Waals surface area contributed by atoms with E-state index >= 15 is 0 Å². The fraction of sp³-hybridized carbons (Fsp3) is 0.320. The molecule has 1 heterocycles. The number of carbonyl (C=O) groups is 2. The number of halogens is 1. The van der Waals surface area contributed by atoms with E-state index in [9.17, 15) is 14.9 Å². The zero-order valence-electron chi connectivity index (χ0n) is 18.3. The third-order valence-corrected chi connectivity index (χ3v) is 6.64. The van der Waals surface area contributed by atoms with Crippen molar-refractivity contribution in [3.63, 3.8) is 0 Å². The first-order valence-electron chi connectivity index (χ1n) is 10.9. The Bertz CT molecular complexity index is 1150. The highest BCUT2D eigenvalue weighted by molar-refractivity contribution is 9.10. The van der Waals surface area contributed by atoms with Gasteiger partial charge >= 0.3 is 6.03 Å². The number of hydrogen-bond donors (Lipinski definition) is 1. The van der Waals surface area contributed by atoms with Gasteiger partial charge in [0.25, 0.3) is 5.91 Å². The predicted molar refractivity (Wildman–Crippen MR) is 126 cm³/mol. The summed E-state index contributed by atoms with van der Waals surface area (Å²) in [5.41, 5.74) is 2.23. The lowest BCUT2D eigenvalue weighted by molar-refractivity contribution is -0.124. The van der Waals surface area contributed by atoms with Gasteiger partial charge in [0.05, 0.1) is 18.7 Å². The van der Waals surface area contributed by atoms with Gasteiger partial charge in [0.15, 0.2) is 11.5 Å². The van der Waals surface area contributed by atoms with Crippen LogP contribution < -0.4 is 14.8 Å². The van der Waals surface area contributed by atoms with Gasteiger partial charge in [-0.3, -0.25) is 9.69 Å². The van der Waals surface area contributed by atoms with Crippen LogP contribution in [0.4, 0.5) is 4.79 Å². The average molecular weight is 510 g/mol. The molecule has 2 aromatic rings. The molecule has 1 aliphatic carbocycles. The van der Waals surface area contributed by atoms with E-state index in [1.807, 2.05) is 12.1 Å². The third kappa shape index (κ3) is 4.88. The molecular formula is C25H24BrN3O4. The summed E-state index contributed by atoms with van der Waals surface area (Å²) in [5.74, 6) is 0.663. The molecule has 1 aliphatic heterocycles. The second-order valence-electron chi connectivity index (χ2n) is 8.04. The molecule has 8 heteroatoms. The molecule has 1 saturated heterocycles. The predicted octanol–water partition coefficient (Wildman–Crippen LogP) is 5.13. The lowest BCUT2D eigenvalue weighted by Gasteiger charge is -2.28. The van der Waals surface area contributed by atoms with Crippen molar-refractivity contribution in [1.29, 1.82) is 5.26 Å². The molecule has 0 radical (unpaired) electrons. The first-order chi connectivity index (χ1) is 16.0. The second-order valence-corrected chi connectivity index (χ2v) is 8.89. The fourth-order valence-corrected chi connectivity index (χ4v) is 4.66. The van der Waals surface area contributed by atoms with Crippen molar-refractivity contribution in [1.82, 2.24) is 10.2 Å². The Balaban J connectivity index is 1.55. The minimum absolute atomic E-state index is 0.0396. The molecule has 2 aromatic carbocycles. The number of carbonyl (C=O) groups excluding carboxylic acids is 2. The zero-order valence-corrected chi connectivity index (χ0v) is 19.9. The summed E-state index contributed by atoms with van der Waals surface area (Å²) in [4.78, 5) is 26.8. The van der Waals surface area contributed by atoms with Gasteiger partial charge in [-0.15, -0.1) is 0 Å². The number of nitrogens with one attached hydrogen (secondary N) is 1. The lowest BCUT2D eigenvalue weighted by Crippen LogP contribution is -2.41. The molecular weight excluding hydrogens is 486 g/mol. The Kier molecular flexibility index (Phi) is 6.99. The quantitative estimate of drug-likeness (QED) is 0.430. The maximum atomic E-state index is 12.9. The zero-order chi connectivity index (χ0) is 23.4. The van der Waals surface area contributed by atoms with Crippen molar-refractivity contribution < 1.29 is 19.1 Å². The monoisotopic (exact) mass is 509 g/mol. The van der Waals surface area contributed by atoms with Gasteiger partial charge in [-0.1, -0.05) is 53.4 Å². The van der Waals surface area contributed by atoms with E-state index in [0.717, 1.165) is 37.7 Å². The molecule has 33 heavy (non-hydrogen) atoms. The van der Waals surface area contributed by atoms with Gasteiger partial charge < -0.3 is 14.8 Å². The first kappa shape index (κ1) is 22.9. The molecule has 1 N–H and O–H groups in total. The van der Waals surface area contributed by atoms with Crippen LogP contribution in [0.15, 0.2) is 46.6 Å². The number of amides is 3. The minimum Gasteiger partial charge on any atom is -0.493 e. The van der Waals surface area contributed by atoms with Crippen LogP contribution in [0.1, 0.15) is 48.8 Å². The van der Waals surface area contributed by atoms with Crippen LogP contribution in [-0.4, -0.2) is 30.0 Å². The van der Waals surface area contributed by atoms with Crippen LogP contribution >= 0.6 is 15.9 Å². The maximum absolute atomic E-state index is 12.9. The molecule has 4 rings (SSSR count). The number of hydrogen-bond acceptors (Lipinski definition) is 5. The van der Waals surface area contributed by atoms with Gasteiger partial charge in [0.2, 0.25) is 0 Å². The van der Waals surface area contributed by atoms with Crippen molar-refractivity contribution in [3.8, 4) is 17.6 Å². The van der Waals surface area contributed by atoms with E-state index in [-0.39, 0.29) is 30.3 Å². The van der Waals surface area contributed by atoms with Crippen LogP contribution in [0.2, 0.25) is 0 Å². The van der Waals surface area contributed by atoms with E-state index in [0.29, 0.717) is 27.1 Å². The van der Waals surface area contributed by atoms with Crippen LogP contribution in [0.5, 0.6) is 11.5 Å². The van der Waals surface area contributed by atoms with E-state index in [1.54, 1.807) is 30.3 Å². The van der Waals surface area contributed by atoms with E-state index in [4.69, 9.17) is 9.47 Å². The molecule has 0 atom stereocenters. The first-order valence-corrected chi connectivity index (χ1v) is 11.7. The van der Waals surface area contributed by atoms with Crippen molar-refractivity contribution in [2.45, 2.75) is 44.8 Å². The number of rotatable bonds is 6. The molecule has 2 fully saturated rings. The van der Waals surface area contributed by atoms with Crippen molar-refractivity contribution in [2.24, 2.45) is 0 Å². The highest BCUT2D eigenvalue weighted by Gasteiger charge is 2.39. The van der Waals surface area contributed by atoms with Gasteiger partial charge in [-0.05, 0) is 42.7 Å². The Hall–Kier alpha value is -3.31. The molecule has 0 aromatic heterocycles. The number of imide groups is 1. The molecule has 7 nitrogen and oxygen atoms in total. The van der Waals surface area contributed by atoms with Crippen molar-refractivity contribution in [2.75, 3.05) is 7.11 Å². The molecule has 0 spiro atoms. The Morgan fingerprint density at radius 1 is 1.18 bits per heavy atom. The summed E-state index contributed by atoms with van der Waals surface area (Å²) in [7, 11) is 1.53. The number of methoxy groups -OCH3 is 1. The molecule has 0 bridgehead atoms. The standard InChI is InChI=1S/C25H24BrN3O4/c1-32-22-12-18(11-21-24(30)29(25(31)28-21)19-9-3-2-4-10-19)20(26)13-23(22)33-15-17-8-6-5-7-16(17)14-27/h5-8,11-13,19H,2-4,9-10,15H2,1H3,(H,28,31)/b21-11-. The molecule has 170 valence electrons. The molecule has 2 aliphatic rings. The minimum atomic E-state index is -0.364. The Labute approximate surface area is 201 Å². The SMILES string of the molecule is COc1cc(/C=C2\NC(=O)N(C3CCCCC3)C2=O)c(Br)cc1OCc1ccccc1C#N. The van der Waals surface area contributed by atoms with Crippen LogP contribution in [0.25, 0.3) is 6.08 Å². The Morgan fingerprint density at radius 3 is 2.67 bits per heavy atom. The number of urea groups is 1. The number of nitriles is 1. The van der Waals surface area contributed by atoms with Gasteiger partial charge in [-0.25, -0.2) is 4.79 Å². The summed E-state index contributed by atoms with van der Waals surface area (Å²) in [5, 5.41) is 12.0. The molecule has 0 unspecified atom stereocenters. The van der Waals surface area contributed by atoms with E-state index in [1.165, 1.54) is 12.0 Å². The van der Waals surface area contributed by atoms with Crippen LogP contribution in [0.3, 0.4) is 0 Å². The molecule has 3 amide bonds. The topological polar surface area (TPSA) is 91.7 Å². The summed E-state index contributed by atoms with van der Waals surface area (Å²) in [6.45, 7) is 0.206. The van der Waals surface area contributed by atoms with Crippen molar-refractivity contribution >= 4 is 33.9 Å². The van der Waals surface area contributed by atoms with E-state index < -0.39 is 0 Å². The van der Waals surface area contributed by atoms with E-state index in [2.05, 4.69) is 27.3 Å². The number of nitrogens with zero attached hydrogens (tertiary/aromatic N) is 2. The smallest absolute Gasteiger partial charge is 0.329 e. The summed E-state index contributed by atoms with van der Waals surface area (Å²) in [6, 6.07) is 12.5. The van der Waals surface area contributed by atoms with Gasteiger partial charge in [0, 0.05) is 16.1 Å². The highest BCUT2D eigenvalue weighted by Crippen LogP contribution is 2.36. The number of ether oxygens (including phenoxy) is 2. The second kappa shape index (κ2) is 10.1. The molecule has 1 saturated carbocycles. The summed E-state index contributed by atoms with van der Waals surface area (Å²) >= 11 is 3.53. The normalized spacial score (nSPS) is 17.7. The maximum Gasteiger partial charge on any atom is 0.329 e. The lowest BCUT2D eigenvalue weighted by atomic mass is 9.94. The van der Waals surface area contributed by atoms with Crippen LogP contribution in [-0.2, 0) is 11.4 Å². The third-order valence-electron chi connectivity index (χ3n) is 5.95. The average Bonchev–Trinajstić information content (AvgIpc) is 3.12.